The molecule has 0 bridgehead atoms. The van der Waals surface area contributed by atoms with Gasteiger partial charge in [0.2, 0.25) is 0 Å². The number of hydrogen-bond donors (Lipinski definition) is 0. The van der Waals surface area contributed by atoms with E-state index >= 15 is 0 Å². The summed E-state index contributed by atoms with van der Waals surface area (Å²) in [7, 11) is 0. The molecule has 0 aromatic heterocycles. The maximum Gasteiger partial charge on any atom is 0.138 e. The van der Waals surface area contributed by atoms with Crippen LogP contribution in [-0.4, -0.2) is 6.29 Å². The number of hydrogen-bond acceptors (Lipinski definition) is 1. The number of carbonyl (C=O) groups excluding carboxylic acids is 1. The molecule has 0 heterocycles. The molecule has 2 aromatic carbocycles. The quantitative estimate of drug-likeness (QED) is 0.588. The lowest BCUT2D eigenvalue weighted by Gasteiger charge is -2.06. The van der Waals surface area contributed by atoms with Gasteiger partial charge in [0.05, 0.1) is 4.83 Å². The van der Waals surface area contributed by atoms with Crippen LogP contribution in [0.1, 0.15) is 10.4 Å². The number of carbonyl (C=O) groups is 1. The summed E-state index contributed by atoms with van der Waals surface area (Å²) in [5, 5.41) is 2.29. The van der Waals surface area contributed by atoms with E-state index in [0.29, 0.717) is 0 Å². The lowest BCUT2D eigenvalue weighted by molar-refractivity contribution is -0.107. The molecule has 0 radical (unpaired) electrons. The first-order valence-electron chi connectivity index (χ1n) is 4.40. The number of alkyl halides is 1. The molecule has 2 aromatic rings. The van der Waals surface area contributed by atoms with Crippen molar-refractivity contribution < 1.29 is 4.79 Å². The Morgan fingerprint density at radius 1 is 1.07 bits per heavy atom. The highest BCUT2D eigenvalue weighted by atomic mass is 79.9. The van der Waals surface area contributed by atoms with E-state index < -0.39 is 0 Å². The van der Waals surface area contributed by atoms with Crippen LogP contribution in [0.2, 0.25) is 0 Å². The van der Waals surface area contributed by atoms with Crippen LogP contribution in [0.15, 0.2) is 42.5 Å². The molecule has 0 spiro atoms. The predicted octanol–water partition coefficient (Wildman–Crippen LogP) is 3.47. The smallest absolute Gasteiger partial charge is 0.138 e. The van der Waals surface area contributed by atoms with Gasteiger partial charge in [-0.3, -0.25) is 0 Å². The Labute approximate surface area is 90.9 Å². The van der Waals surface area contributed by atoms with Crippen molar-refractivity contribution in [3.63, 3.8) is 0 Å². The summed E-state index contributed by atoms with van der Waals surface area (Å²) in [5.74, 6) is 0. The third-order valence-electron chi connectivity index (χ3n) is 2.24. The molecule has 1 nitrogen and oxygen atoms in total. The average Bonchev–Trinajstić information content (AvgIpc) is 2.27. The van der Waals surface area contributed by atoms with E-state index in [0.717, 1.165) is 22.6 Å². The summed E-state index contributed by atoms with van der Waals surface area (Å²) < 4.78 is 0. The zero-order valence-corrected chi connectivity index (χ0v) is 9.07. The van der Waals surface area contributed by atoms with Crippen LogP contribution >= 0.6 is 15.9 Å². The zero-order valence-electron chi connectivity index (χ0n) is 7.48. The van der Waals surface area contributed by atoms with E-state index in [-0.39, 0.29) is 4.83 Å². The lowest BCUT2D eigenvalue weighted by Crippen LogP contribution is -1.91. The molecular weight excluding hydrogens is 240 g/mol. The molecule has 0 amide bonds. The molecule has 70 valence electrons. The van der Waals surface area contributed by atoms with Crippen molar-refractivity contribution in [1.29, 1.82) is 0 Å². The minimum absolute atomic E-state index is 0.214. The average molecular weight is 249 g/mol. The molecule has 1 unspecified atom stereocenters. The molecule has 2 heteroatoms. The van der Waals surface area contributed by atoms with Gasteiger partial charge in [0.25, 0.3) is 0 Å². The fraction of sp³-hybridized carbons (Fsp3) is 0.0833. The summed E-state index contributed by atoms with van der Waals surface area (Å²) in [6, 6.07) is 14.0. The van der Waals surface area contributed by atoms with Gasteiger partial charge in [-0.1, -0.05) is 58.4 Å². The molecule has 2 rings (SSSR count). The molecule has 0 N–H and O–H groups in total. The molecule has 0 aliphatic rings. The maximum absolute atomic E-state index is 10.7. The van der Waals surface area contributed by atoms with E-state index in [1.165, 1.54) is 0 Å². The summed E-state index contributed by atoms with van der Waals surface area (Å²) in [6.45, 7) is 0. The first-order chi connectivity index (χ1) is 6.83. The van der Waals surface area contributed by atoms with Gasteiger partial charge in [-0.25, -0.2) is 0 Å². The molecular formula is C12H9BrO. The van der Waals surface area contributed by atoms with Crippen LogP contribution in [0, 0.1) is 0 Å². The van der Waals surface area contributed by atoms with E-state index in [1.807, 2.05) is 42.5 Å². The number of benzene rings is 2. The van der Waals surface area contributed by atoms with Gasteiger partial charge >= 0.3 is 0 Å². The lowest BCUT2D eigenvalue weighted by atomic mass is 10.0. The Morgan fingerprint density at radius 3 is 2.57 bits per heavy atom. The number of aldehydes is 1. The standard InChI is InChI=1S/C12H9BrO/c13-12(8-14)11-7-3-5-9-4-1-2-6-10(9)11/h1-8,12H. The van der Waals surface area contributed by atoms with Gasteiger partial charge in [0.15, 0.2) is 0 Å². The van der Waals surface area contributed by atoms with Crippen molar-refractivity contribution in [2.24, 2.45) is 0 Å². The van der Waals surface area contributed by atoms with Crippen LogP contribution in [0.3, 0.4) is 0 Å². The minimum Gasteiger partial charge on any atom is -0.302 e. The Hall–Kier alpha value is -1.15. The third-order valence-corrected chi connectivity index (χ3v) is 2.95. The van der Waals surface area contributed by atoms with Gasteiger partial charge in [-0.2, -0.15) is 0 Å². The van der Waals surface area contributed by atoms with Crippen molar-refractivity contribution in [3.8, 4) is 0 Å². The summed E-state index contributed by atoms with van der Waals surface area (Å²) in [6.07, 6.45) is 0.905. The van der Waals surface area contributed by atoms with Gasteiger partial charge in [-0.15, -0.1) is 0 Å². The fourth-order valence-electron chi connectivity index (χ4n) is 1.56. The van der Waals surface area contributed by atoms with E-state index in [4.69, 9.17) is 0 Å². The van der Waals surface area contributed by atoms with Gasteiger partial charge < -0.3 is 4.79 Å². The third kappa shape index (κ3) is 1.58. The summed E-state index contributed by atoms with van der Waals surface area (Å²) in [5.41, 5.74) is 1.03. The Kier molecular flexibility index (Phi) is 2.64. The first-order valence-corrected chi connectivity index (χ1v) is 5.31. The SMILES string of the molecule is O=CC(Br)c1cccc2ccccc12. The molecule has 0 saturated carbocycles. The maximum atomic E-state index is 10.7. The second kappa shape index (κ2) is 3.93. The Balaban J connectivity index is 2.70. The van der Waals surface area contributed by atoms with Gasteiger partial charge in [0.1, 0.15) is 6.29 Å². The van der Waals surface area contributed by atoms with Crippen molar-refractivity contribution in [3.05, 3.63) is 48.0 Å². The first kappa shape index (κ1) is 9.41. The van der Waals surface area contributed by atoms with Crippen LogP contribution in [0.25, 0.3) is 10.8 Å². The van der Waals surface area contributed by atoms with Crippen LogP contribution < -0.4 is 0 Å². The second-order valence-corrected chi connectivity index (χ2v) is 4.09. The topological polar surface area (TPSA) is 17.1 Å². The van der Waals surface area contributed by atoms with Crippen LogP contribution in [0.4, 0.5) is 0 Å². The molecule has 0 aliphatic heterocycles. The van der Waals surface area contributed by atoms with E-state index in [1.54, 1.807) is 0 Å². The number of fused-ring (bicyclic) bond motifs is 1. The highest BCUT2D eigenvalue weighted by Crippen LogP contribution is 2.27. The molecule has 0 fully saturated rings. The normalized spacial score (nSPS) is 12.6. The minimum atomic E-state index is -0.214. The highest BCUT2D eigenvalue weighted by Gasteiger charge is 2.08. The van der Waals surface area contributed by atoms with Gasteiger partial charge in [0, 0.05) is 0 Å². The molecule has 1 atom stereocenters. The van der Waals surface area contributed by atoms with Crippen molar-refractivity contribution in [2.75, 3.05) is 0 Å². The molecule has 14 heavy (non-hydrogen) atoms. The van der Waals surface area contributed by atoms with E-state index in [9.17, 15) is 4.79 Å². The Morgan fingerprint density at radius 2 is 1.79 bits per heavy atom. The molecule has 0 aliphatic carbocycles. The second-order valence-electron chi connectivity index (χ2n) is 3.11. The van der Waals surface area contributed by atoms with Crippen molar-refractivity contribution >= 4 is 33.0 Å². The fourth-order valence-corrected chi connectivity index (χ4v) is 1.96. The van der Waals surface area contributed by atoms with Crippen LogP contribution in [0.5, 0.6) is 0 Å². The monoisotopic (exact) mass is 248 g/mol. The molecule has 0 saturated heterocycles. The number of rotatable bonds is 2. The predicted molar refractivity (Wildman–Crippen MR) is 61.7 cm³/mol. The van der Waals surface area contributed by atoms with E-state index in [2.05, 4.69) is 15.9 Å². The van der Waals surface area contributed by atoms with Crippen molar-refractivity contribution in [1.82, 2.24) is 0 Å². The highest BCUT2D eigenvalue weighted by molar-refractivity contribution is 9.09. The Bertz CT molecular complexity index is 459. The largest absolute Gasteiger partial charge is 0.302 e. The van der Waals surface area contributed by atoms with Gasteiger partial charge in [-0.05, 0) is 16.3 Å². The summed E-state index contributed by atoms with van der Waals surface area (Å²) in [4.78, 5) is 10.5. The van der Waals surface area contributed by atoms with Crippen molar-refractivity contribution in [2.45, 2.75) is 4.83 Å². The number of halogens is 1. The summed E-state index contributed by atoms with van der Waals surface area (Å²) >= 11 is 3.34. The van der Waals surface area contributed by atoms with Crippen LogP contribution in [-0.2, 0) is 4.79 Å². The zero-order chi connectivity index (χ0) is 9.97.